The molecule has 28 heavy (non-hydrogen) atoms. The first-order chi connectivity index (χ1) is 13.4. The second-order valence-electron chi connectivity index (χ2n) is 6.74. The number of aryl methyl sites for hydroxylation is 1. The van der Waals surface area contributed by atoms with E-state index < -0.39 is 29.7 Å². The predicted octanol–water partition coefficient (Wildman–Crippen LogP) is 2.65. The van der Waals surface area contributed by atoms with Gasteiger partial charge in [0.05, 0.1) is 23.8 Å². The van der Waals surface area contributed by atoms with E-state index >= 15 is 0 Å². The van der Waals surface area contributed by atoms with Crippen molar-refractivity contribution in [2.75, 3.05) is 12.4 Å². The quantitative estimate of drug-likeness (QED) is 0.631. The van der Waals surface area contributed by atoms with Crippen LogP contribution in [0.2, 0.25) is 0 Å². The fourth-order valence-corrected chi connectivity index (χ4v) is 4.98. The van der Waals surface area contributed by atoms with Crippen LogP contribution in [0.3, 0.4) is 0 Å². The molecule has 0 unspecified atom stereocenters. The van der Waals surface area contributed by atoms with Gasteiger partial charge in [-0.05, 0) is 43.9 Å². The Morgan fingerprint density at radius 3 is 2.39 bits per heavy atom. The number of imide groups is 1. The van der Waals surface area contributed by atoms with Crippen molar-refractivity contribution in [2.45, 2.75) is 32.2 Å². The standard InChI is InChI=1S/C20H18N2O5S/c1-10(22-18(24)11-6-3-4-7-12(11)19(22)25)16(23)21-17-15(20(26)27-2)13-8-5-9-14(13)28-17/h3-4,6-7,10H,5,8-9H2,1-2H3,(H,21,23)/t10-/m1/s1. The van der Waals surface area contributed by atoms with Crippen molar-refractivity contribution in [1.82, 2.24) is 4.90 Å². The van der Waals surface area contributed by atoms with Crippen LogP contribution in [0.5, 0.6) is 0 Å². The number of benzene rings is 1. The molecule has 0 fully saturated rings. The SMILES string of the molecule is COC(=O)c1c(NC(=O)[C@@H](C)N2C(=O)c3ccccc3C2=O)sc2c1CCC2. The molecule has 144 valence electrons. The number of carbonyl (C=O) groups excluding carboxylic acids is 4. The summed E-state index contributed by atoms with van der Waals surface area (Å²) in [4.78, 5) is 52.3. The van der Waals surface area contributed by atoms with Crippen molar-refractivity contribution in [1.29, 1.82) is 0 Å². The molecule has 0 bridgehead atoms. The Balaban J connectivity index is 1.59. The van der Waals surface area contributed by atoms with Crippen LogP contribution >= 0.6 is 11.3 Å². The number of thiophene rings is 1. The minimum Gasteiger partial charge on any atom is -0.465 e. The number of fused-ring (bicyclic) bond motifs is 2. The van der Waals surface area contributed by atoms with E-state index in [1.807, 2.05) is 0 Å². The molecule has 2 aliphatic rings. The molecule has 1 aliphatic heterocycles. The zero-order valence-electron chi connectivity index (χ0n) is 15.4. The molecule has 0 saturated carbocycles. The minimum atomic E-state index is -1.02. The van der Waals surface area contributed by atoms with E-state index in [1.165, 1.54) is 25.4 Å². The highest BCUT2D eigenvalue weighted by Crippen LogP contribution is 2.39. The number of amides is 3. The maximum atomic E-state index is 12.8. The highest BCUT2D eigenvalue weighted by Gasteiger charge is 2.41. The van der Waals surface area contributed by atoms with Crippen molar-refractivity contribution in [3.05, 3.63) is 51.4 Å². The van der Waals surface area contributed by atoms with Crippen LogP contribution < -0.4 is 5.32 Å². The second-order valence-corrected chi connectivity index (χ2v) is 7.85. The lowest BCUT2D eigenvalue weighted by Gasteiger charge is -2.21. The molecule has 1 atom stereocenters. The van der Waals surface area contributed by atoms with Crippen LogP contribution in [0.4, 0.5) is 5.00 Å². The van der Waals surface area contributed by atoms with Crippen molar-refractivity contribution in [2.24, 2.45) is 0 Å². The molecule has 2 heterocycles. The lowest BCUT2D eigenvalue weighted by atomic mass is 10.1. The summed E-state index contributed by atoms with van der Waals surface area (Å²) in [6.45, 7) is 1.50. The minimum absolute atomic E-state index is 0.289. The number of ether oxygens (including phenoxy) is 1. The second kappa shape index (κ2) is 6.87. The topological polar surface area (TPSA) is 92.8 Å². The number of methoxy groups -OCH3 is 1. The van der Waals surface area contributed by atoms with Crippen LogP contribution in [0.25, 0.3) is 0 Å². The highest BCUT2D eigenvalue weighted by molar-refractivity contribution is 7.17. The van der Waals surface area contributed by atoms with E-state index in [0.717, 1.165) is 34.6 Å². The lowest BCUT2D eigenvalue weighted by Crippen LogP contribution is -2.45. The average molecular weight is 398 g/mol. The lowest BCUT2D eigenvalue weighted by molar-refractivity contribution is -0.119. The summed E-state index contributed by atoms with van der Waals surface area (Å²) in [5.74, 6) is -2.02. The molecule has 0 radical (unpaired) electrons. The Kier molecular flexibility index (Phi) is 4.50. The van der Waals surface area contributed by atoms with Gasteiger partial charge in [0, 0.05) is 4.88 Å². The Bertz CT molecular complexity index is 991. The zero-order valence-corrected chi connectivity index (χ0v) is 16.2. The van der Waals surface area contributed by atoms with Gasteiger partial charge in [-0.25, -0.2) is 4.79 Å². The summed E-state index contributed by atoms with van der Waals surface area (Å²) in [5, 5.41) is 3.14. The Morgan fingerprint density at radius 2 is 1.79 bits per heavy atom. The molecular weight excluding hydrogens is 380 g/mol. The maximum absolute atomic E-state index is 12.8. The largest absolute Gasteiger partial charge is 0.465 e. The molecule has 1 aromatic carbocycles. The molecule has 1 aromatic heterocycles. The molecule has 1 aliphatic carbocycles. The molecule has 8 heteroatoms. The number of hydrogen-bond acceptors (Lipinski definition) is 6. The summed E-state index contributed by atoms with van der Waals surface area (Å²) in [5.41, 5.74) is 1.87. The zero-order chi connectivity index (χ0) is 20.0. The van der Waals surface area contributed by atoms with Gasteiger partial charge in [0.1, 0.15) is 11.0 Å². The first-order valence-corrected chi connectivity index (χ1v) is 9.76. The van der Waals surface area contributed by atoms with Gasteiger partial charge in [-0.2, -0.15) is 0 Å². The highest BCUT2D eigenvalue weighted by atomic mass is 32.1. The average Bonchev–Trinajstić information content (AvgIpc) is 3.34. The summed E-state index contributed by atoms with van der Waals surface area (Å²) < 4.78 is 4.88. The van der Waals surface area contributed by atoms with Gasteiger partial charge in [-0.3, -0.25) is 19.3 Å². The van der Waals surface area contributed by atoms with E-state index in [4.69, 9.17) is 4.74 Å². The predicted molar refractivity (Wildman–Crippen MR) is 103 cm³/mol. The number of carbonyl (C=O) groups is 4. The summed E-state index contributed by atoms with van der Waals surface area (Å²) in [6, 6.07) is 5.47. The van der Waals surface area contributed by atoms with Gasteiger partial charge in [0.15, 0.2) is 0 Å². The van der Waals surface area contributed by atoms with Crippen LogP contribution in [-0.4, -0.2) is 41.7 Å². The number of hydrogen-bond donors (Lipinski definition) is 1. The number of anilines is 1. The van der Waals surface area contributed by atoms with Gasteiger partial charge >= 0.3 is 5.97 Å². The van der Waals surface area contributed by atoms with Gasteiger partial charge in [-0.15, -0.1) is 11.3 Å². The van der Waals surface area contributed by atoms with Crippen LogP contribution in [-0.2, 0) is 22.4 Å². The van der Waals surface area contributed by atoms with Crippen molar-refractivity contribution in [3.8, 4) is 0 Å². The molecule has 0 saturated heterocycles. The van der Waals surface area contributed by atoms with E-state index in [1.54, 1.807) is 24.3 Å². The van der Waals surface area contributed by atoms with Crippen LogP contribution in [0.15, 0.2) is 24.3 Å². The number of esters is 1. The first-order valence-electron chi connectivity index (χ1n) is 8.94. The van der Waals surface area contributed by atoms with Crippen molar-refractivity contribution < 1.29 is 23.9 Å². The van der Waals surface area contributed by atoms with Crippen LogP contribution in [0.1, 0.15) is 54.9 Å². The normalized spacial score (nSPS) is 16.0. The summed E-state index contributed by atoms with van der Waals surface area (Å²) in [6.07, 6.45) is 2.58. The van der Waals surface area contributed by atoms with E-state index in [9.17, 15) is 19.2 Å². The van der Waals surface area contributed by atoms with Crippen LogP contribution in [0, 0.1) is 0 Å². The molecule has 7 nitrogen and oxygen atoms in total. The smallest absolute Gasteiger partial charge is 0.341 e. The van der Waals surface area contributed by atoms with E-state index in [-0.39, 0.29) is 11.1 Å². The van der Waals surface area contributed by atoms with Gasteiger partial charge < -0.3 is 10.1 Å². The van der Waals surface area contributed by atoms with Gasteiger partial charge in [-0.1, -0.05) is 12.1 Å². The summed E-state index contributed by atoms with van der Waals surface area (Å²) >= 11 is 1.35. The van der Waals surface area contributed by atoms with Crippen molar-refractivity contribution >= 4 is 40.0 Å². The van der Waals surface area contributed by atoms with Gasteiger partial charge in [0.2, 0.25) is 5.91 Å². The fraction of sp³-hybridized carbons (Fsp3) is 0.300. The molecule has 1 N–H and O–H groups in total. The number of nitrogens with one attached hydrogen (secondary N) is 1. The summed E-state index contributed by atoms with van der Waals surface area (Å²) in [7, 11) is 1.30. The maximum Gasteiger partial charge on any atom is 0.341 e. The third-order valence-corrected chi connectivity index (χ3v) is 6.35. The third-order valence-electron chi connectivity index (χ3n) is 5.14. The Labute approximate surface area is 165 Å². The molecule has 3 amide bonds. The Hall–Kier alpha value is -3.00. The monoisotopic (exact) mass is 398 g/mol. The van der Waals surface area contributed by atoms with E-state index in [2.05, 4.69) is 5.32 Å². The molecular formula is C20H18N2O5S. The van der Waals surface area contributed by atoms with E-state index in [0.29, 0.717) is 10.6 Å². The molecule has 2 aromatic rings. The first kappa shape index (κ1) is 18.4. The van der Waals surface area contributed by atoms with Crippen molar-refractivity contribution in [3.63, 3.8) is 0 Å². The molecule has 0 spiro atoms. The Morgan fingerprint density at radius 1 is 1.14 bits per heavy atom. The third kappa shape index (κ3) is 2.72. The molecule has 4 rings (SSSR count). The number of nitrogens with zero attached hydrogens (tertiary/aromatic N) is 1. The number of rotatable bonds is 4. The van der Waals surface area contributed by atoms with Gasteiger partial charge in [0.25, 0.3) is 11.8 Å². The fourth-order valence-electron chi connectivity index (χ4n) is 3.70.